The quantitative estimate of drug-likeness (QED) is 0.731. The Morgan fingerprint density at radius 2 is 1.74 bits per heavy atom. The van der Waals surface area contributed by atoms with Crippen LogP contribution < -0.4 is 0 Å². The third kappa shape index (κ3) is 2.08. The molecule has 4 heteroatoms. The average Bonchev–Trinajstić information content (AvgIpc) is 2.65. The van der Waals surface area contributed by atoms with Gasteiger partial charge >= 0.3 is 123 Å². The molecule has 1 amide bonds. The van der Waals surface area contributed by atoms with E-state index in [1.54, 1.807) is 0 Å². The normalized spacial score (nSPS) is 44.0. The fourth-order valence-corrected chi connectivity index (χ4v) is 6.12. The molecule has 19 heavy (non-hydrogen) atoms. The van der Waals surface area contributed by atoms with E-state index in [0.29, 0.717) is 12.0 Å². The van der Waals surface area contributed by atoms with Crippen molar-refractivity contribution in [3.63, 3.8) is 0 Å². The number of hydrogen-bond acceptors (Lipinski definition) is 2. The van der Waals surface area contributed by atoms with Crippen molar-refractivity contribution < 1.29 is 4.79 Å². The minimum absolute atomic E-state index is 0.179. The Morgan fingerprint density at radius 1 is 1.16 bits per heavy atom. The van der Waals surface area contributed by atoms with Crippen LogP contribution in [0.2, 0.25) is 0 Å². The molecule has 0 saturated heterocycles. The number of nitrogens with zero attached hydrogens (tertiary/aromatic N) is 2. The van der Waals surface area contributed by atoms with Crippen molar-refractivity contribution in [2.24, 2.45) is 28.2 Å². The molecule has 0 aromatic rings. The Bertz CT molecular complexity index is 410. The van der Waals surface area contributed by atoms with Gasteiger partial charge in [0.25, 0.3) is 0 Å². The Balaban J connectivity index is 1.45. The standard InChI is InChI=1S/C15H21N2OSe/c18-13-9-16-14(19)17(13)2-1-15-6-10-3-11(7-15)5-12(4-10)8-15/h10-12H,1-9H2. The van der Waals surface area contributed by atoms with E-state index in [-0.39, 0.29) is 5.91 Å². The van der Waals surface area contributed by atoms with Crippen molar-refractivity contribution in [1.29, 1.82) is 0 Å². The van der Waals surface area contributed by atoms with Crippen LogP contribution in [0.5, 0.6) is 0 Å². The molecule has 4 saturated carbocycles. The molecule has 4 fully saturated rings. The van der Waals surface area contributed by atoms with Crippen LogP contribution in [-0.4, -0.2) is 44.6 Å². The first-order valence-corrected chi connectivity index (χ1v) is 8.51. The van der Waals surface area contributed by atoms with E-state index in [9.17, 15) is 4.79 Å². The molecule has 3 nitrogen and oxygen atoms in total. The van der Waals surface area contributed by atoms with Gasteiger partial charge in [-0.1, -0.05) is 0 Å². The Morgan fingerprint density at radius 3 is 2.21 bits per heavy atom. The molecule has 4 bridgehead atoms. The van der Waals surface area contributed by atoms with Crippen LogP contribution in [-0.2, 0) is 4.79 Å². The molecule has 0 unspecified atom stereocenters. The Hall–Kier alpha value is -0.341. The van der Waals surface area contributed by atoms with Crippen LogP contribution in [0.3, 0.4) is 0 Å². The monoisotopic (exact) mass is 325 g/mol. The summed E-state index contributed by atoms with van der Waals surface area (Å²) >= 11 is 2.93. The summed E-state index contributed by atoms with van der Waals surface area (Å²) in [6, 6.07) is 0. The molecule has 5 aliphatic rings. The molecule has 0 aromatic carbocycles. The third-order valence-electron chi connectivity index (χ3n) is 5.91. The van der Waals surface area contributed by atoms with Crippen LogP contribution in [0, 0.1) is 23.2 Å². The number of carbonyl (C=O) groups is 1. The zero-order chi connectivity index (χ0) is 13.0. The fourth-order valence-electron chi connectivity index (χ4n) is 5.58. The number of amidine groups is 1. The molecule has 0 atom stereocenters. The van der Waals surface area contributed by atoms with E-state index in [0.717, 1.165) is 29.0 Å². The third-order valence-corrected chi connectivity index (χ3v) is 6.65. The van der Waals surface area contributed by atoms with E-state index in [4.69, 9.17) is 0 Å². The maximum atomic E-state index is 11.8. The van der Waals surface area contributed by atoms with Gasteiger partial charge in [0.05, 0.1) is 0 Å². The topological polar surface area (TPSA) is 32.7 Å². The van der Waals surface area contributed by atoms with E-state index in [2.05, 4.69) is 21.0 Å². The molecule has 0 aromatic heterocycles. The first-order valence-electron chi connectivity index (χ1n) is 7.65. The molecule has 1 aliphatic heterocycles. The van der Waals surface area contributed by atoms with E-state index >= 15 is 0 Å². The van der Waals surface area contributed by atoms with Gasteiger partial charge < -0.3 is 0 Å². The van der Waals surface area contributed by atoms with Gasteiger partial charge in [-0.05, 0) is 0 Å². The summed E-state index contributed by atoms with van der Waals surface area (Å²) in [5, 5.41) is 0. The molecule has 0 N–H and O–H groups in total. The Labute approximate surface area is 123 Å². The van der Waals surface area contributed by atoms with Gasteiger partial charge in [0, 0.05) is 0 Å². The van der Waals surface area contributed by atoms with Gasteiger partial charge in [-0.3, -0.25) is 0 Å². The average molecular weight is 324 g/mol. The van der Waals surface area contributed by atoms with Crippen LogP contribution in [0.1, 0.15) is 44.9 Å². The van der Waals surface area contributed by atoms with Crippen LogP contribution >= 0.6 is 0 Å². The van der Waals surface area contributed by atoms with E-state index in [1.165, 1.54) is 44.9 Å². The summed E-state index contributed by atoms with van der Waals surface area (Å²) in [6.45, 7) is 1.24. The molecule has 5 rings (SSSR count). The summed E-state index contributed by atoms with van der Waals surface area (Å²) in [5.74, 6) is 3.18. The van der Waals surface area contributed by atoms with Gasteiger partial charge in [0.15, 0.2) is 0 Å². The first-order chi connectivity index (χ1) is 9.13. The zero-order valence-corrected chi connectivity index (χ0v) is 13.0. The molecule has 1 heterocycles. The Kier molecular flexibility index (Phi) is 2.82. The number of aliphatic imine (C=N–C) groups is 1. The number of carbonyl (C=O) groups excluding carboxylic acids is 1. The summed E-state index contributed by atoms with van der Waals surface area (Å²) in [6.07, 6.45) is 9.98. The molecule has 1 radical (unpaired) electrons. The fraction of sp³-hybridized carbons (Fsp3) is 0.867. The van der Waals surface area contributed by atoms with Crippen molar-refractivity contribution in [2.45, 2.75) is 44.9 Å². The summed E-state index contributed by atoms with van der Waals surface area (Å²) in [4.78, 5) is 17.9. The molecular formula is C15H21N2OSe. The van der Waals surface area contributed by atoms with E-state index in [1.807, 2.05) is 4.90 Å². The van der Waals surface area contributed by atoms with Gasteiger partial charge in [0.1, 0.15) is 0 Å². The molecule has 0 spiro atoms. The van der Waals surface area contributed by atoms with Crippen LogP contribution in [0.15, 0.2) is 4.99 Å². The number of amides is 1. The van der Waals surface area contributed by atoms with Crippen molar-refractivity contribution in [2.75, 3.05) is 13.1 Å². The van der Waals surface area contributed by atoms with Gasteiger partial charge in [-0.25, -0.2) is 0 Å². The SMILES string of the molecule is O=C1CN=C([Se])N1CCC12CC3CC(CC(C3)C1)C2. The second-order valence-corrected chi connectivity index (χ2v) is 8.08. The second-order valence-electron chi connectivity index (χ2n) is 7.31. The van der Waals surface area contributed by atoms with Crippen LogP contribution in [0.25, 0.3) is 0 Å². The molecule has 4 aliphatic carbocycles. The number of rotatable bonds is 3. The van der Waals surface area contributed by atoms with Crippen molar-refractivity contribution in [1.82, 2.24) is 4.90 Å². The van der Waals surface area contributed by atoms with E-state index < -0.39 is 0 Å². The van der Waals surface area contributed by atoms with Crippen molar-refractivity contribution in [3.05, 3.63) is 0 Å². The second kappa shape index (κ2) is 4.33. The maximum absolute atomic E-state index is 11.8. The summed E-state index contributed by atoms with van der Waals surface area (Å²) < 4.78 is 0.815. The van der Waals surface area contributed by atoms with Gasteiger partial charge in [0.2, 0.25) is 0 Å². The predicted octanol–water partition coefficient (Wildman–Crippen LogP) is 1.96. The van der Waals surface area contributed by atoms with Gasteiger partial charge in [-0.15, -0.1) is 0 Å². The van der Waals surface area contributed by atoms with Crippen molar-refractivity contribution in [3.8, 4) is 0 Å². The first kappa shape index (κ1) is 12.4. The minimum atomic E-state index is 0.179. The van der Waals surface area contributed by atoms with Gasteiger partial charge in [-0.2, -0.15) is 0 Å². The number of hydrogen-bond donors (Lipinski definition) is 0. The summed E-state index contributed by atoms with van der Waals surface area (Å²) in [5.41, 5.74) is 0.567. The predicted molar refractivity (Wildman–Crippen MR) is 75.0 cm³/mol. The molecular weight excluding hydrogens is 303 g/mol. The van der Waals surface area contributed by atoms with Crippen LogP contribution in [0.4, 0.5) is 0 Å². The summed E-state index contributed by atoms with van der Waals surface area (Å²) in [7, 11) is 0. The molecule has 103 valence electrons. The zero-order valence-electron chi connectivity index (χ0n) is 11.3. The van der Waals surface area contributed by atoms with Crippen molar-refractivity contribution >= 4 is 26.7 Å².